The molecular formula is C11H19N3O5. The molecule has 0 amide bonds. The van der Waals surface area contributed by atoms with Gasteiger partial charge in [-0.05, 0) is 6.92 Å². The van der Waals surface area contributed by atoms with E-state index in [0.717, 1.165) is 0 Å². The second kappa shape index (κ2) is 7.82. The zero-order chi connectivity index (χ0) is 14.3. The Kier molecular flexibility index (Phi) is 6.40. The molecular weight excluding hydrogens is 254 g/mol. The van der Waals surface area contributed by atoms with Crippen molar-refractivity contribution in [2.45, 2.75) is 25.7 Å². The fraction of sp³-hybridized carbons (Fsp3) is 0.727. The number of methoxy groups -OCH3 is 2. The summed E-state index contributed by atoms with van der Waals surface area (Å²) in [4.78, 5) is 11.2. The summed E-state index contributed by atoms with van der Waals surface area (Å²) in [5, 5.41) is 17.1. The van der Waals surface area contributed by atoms with Gasteiger partial charge in [0.15, 0.2) is 5.69 Å². The van der Waals surface area contributed by atoms with Gasteiger partial charge in [-0.25, -0.2) is 9.48 Å². The maximum absolute atomic E-state index is 11.2. The van der Waals surface area contributed by atoms with E-state index < -0.39 is 12.1 Å². The summed E-state index contributed by atoms with van der Waals surface area (Å²) in [7, 11) is 2.85. The van der Waals surface area contributed by atoms with E-state index in [-0.39, 0.29) is 24.9 Å². The van der Waals surface area contributed by atoms with Crippen LogP contribution in [0.1, 0.15) is 17.4 Å². The lowest BCUT2D eigenvalue weighted by molar-refractivity contribution is -0.0365. The molecule has 1 rings (SSSR count). The van der Waals surface area contributed by atoms with Crippen LogP contribution in [0.2, 0.25) is 0 Å². The van der Waals surface area contributed by atoms with Gasteiger partial charge in [0.2, 0.25) is 0 Å². The molecule has 19 heavy (non-hydrogen) atoms. The van der Waals surface area contributed by atoms with Gasteiger partial charge < -0.3 is 19.3 Å². The Morgan fingerprint density at radius 3 is 2.84 bits per heavy atom. The molecule has 0 radical (unpaired) electrons. The van der Waals surface area contributed by atoms with Crippen LogP contribution in [0.25, 0.3) is 0 Å². The molecule has 1 aromatic rings. The van der Waals surface area contributed by atoms with Crippen molar-refractivity contribution in [2.24, 2.45) is 0 Å². The number of aliphatic hydroxyl groups is 1. The zero-order valence-electron chi connectivity index (χ0n) is 11.3. The summed E-state index contributed by atoms with van der Waals surface area (Å²) in [6.45, 7) is 2.64. The third kappa shape index (κ3) is 5.33. The van der Waals surface area contributed by atoms with E-state index in [0.29, 0.717) is 6.61 Å². The number of ether oxygens (including phenoxy) is 3. The highest BCUT2D eigenvalue weighted by Gasteiger charge is 2.13. The smallest absolute Gasteiger partial charge is 0.360 e. The van der Waals surface area contributed by atoms with Gasteiger partial charge >= 0.3 is 5.97 Å². The SMILES string of the molecule is COCC(C)OCC(O)Cn1cc(C(=O)OC)nn1. The third-order valence-corrected chi connectivity index (χ3v) is 2.31. The second-order valence-electron chi connectivity index (χ2n) is 4.07. The van der Waals surface area contributed by atoms with E-state index in [2.05, 4.69) is 15.0 Å². The summed E-state index contributed by atoms with van der Waals surface area (Å²) >= 11 is 0. The van der Waals surface area contributed by atoms with E-state index in [9.17, 15) is 9.90 Å². The van der Waals surface area contributed by atoms with Crippen molar-refractivity contribution in [1.82, 2.24) is 15.0 Å². The van der Waals surface area contributed by atoms with Gasteiger partial charge in [-0.3, -0.25) is 0 Å². The van der Waals surface area contributed by atoms with Crippen LogP contribution in [-0.4, -0.2) is 65.7 Å². The van der Waals surface area contributed by atoms with Crippen molar-refractivity contribution in [3.63, 3.8) is 0 Å². The van der Waals surface area contributed by atoms with Gasteiger partial charge in [0.05, 0.1) is 45.3 Å². The molecule has 0 bridgehead atoms. The van der Waals surface area contributed by atoms with E-state index in [4.69, 9.17) is 9.47 Å². The molecule has 0 fully saturated rings. The Bertz CT molecular complexity index is 395. The molecule has 2 unspecified atom stereocenters. The molecule has 1 aromatic heterocycles. The van der Waals surface area contributed by atoms with Crippen molar-refractivity contribution in [2.75, 3.05) is 27.4 Å². The third-order valence-electron chi connectivity index (χ3n) is 2.31. The van der Waals surface area contributed by atoms with E-state index in [1.165, 1.54) is 18.0 Å². The Hall–Kier alpha value is -1.51. The first-order valence-corrected chi connectivity index (χ1v) is 5.83. The van der Waals surface area contributed by atoms with Crippen molar-refractivity contribution < 1.29 is 24.1 Å². The van der Waals surface area contributed by atoms with Crippen LogP contribution in [-0.2, 0) is 20.8 Å². The number of hydrogen-bond donors (Lipinski definition) is 1. The largest absolute Gasteiger partial charge is 0.464 e. The second-order valence-corrected chi connectivity index (χ2v) is 4.07. The maximum atomic E-state index is 11.2. The number of nitrogens with zero attached hydrogens (tertiary/aromatic N) is 3. The maximum Gasteiger partial charge on any atom is 0.360 e. The molecule has 0 aliphatic rings. The number of rotatable bonds is 8. The van der Waals surface area contributed by atoms with Gasteiger partial charge in [-0.15, -0.1) is 5.10 Å². The van der Waals surface area contributed by atoms with Crippen molar-refractivity contribution in [3.05, 3.63) is 11.9 Å². The van der Waals surface area contributed by atoms with E-state index >= 15 is 0 Å². The first-order chi connectivity index (χ1) is 9.06. The minimum atomic E-state index is -0.744. The lowest BCUT2D eigenvalue weighted by Crippen LogP contribution is -2.26. The monoisotopic (exact) mass is 273 g/mol. The Labute approximate surface area is 111 Å². The molecule has 0 aliphatic carbocycles. The molecule has 0 aromatic carbocycles. The van der Waals surface area contributed by atoms with Crippen LogP contribution < -0.4 is 0 Å². The molecule has 0 spiro atoms. The Morgan fingerprint density at radius 2 is 2.21 bits per heavy atom. The van der Waals surface area contributed by atoms with Gasteiger partial charge in [0.25, 0.3) is 0 Å². The lowest BCUT2D eigenvalue weighted by atomic mass is 10.3. The average Bonchev–Trinajstić information content (AvgIpc) is 2.84. The van der Waals surface area contributed by atoms with Gasteiger partial charge in [-0.1, -0.05) is 5.21 Å². The predicted octanol–water partition coefficient (Wildman–Crippen LogP) is -0.523. The van der Waals surface area contributed by atoms with E-state index in [1.807, 2.05) is 6.92 Å². The fourth-order valence-corrected chi connectivity index (χ4v) is 1.41. The first kappa shape index (κ1) is 15.5. The quantitative estimate of drug-likeness (QED) is 0.636. The average molecular weight is 273 g/mol. The van der Waals surface area contributed by atoms with E-state index in [1.54, 1.807) is 7.11 Å². The summed E-state index contributed by atoms with van der Waals surface area (Å²) < 4.78 is 16.1. The first-order valence-electron chi connectivity index (χ1n) is 5.83. The standard InChI is InChI=1S/C11H19N3O5/c1-8(6-17-2)19-7-9(15)4-14-5-10(12-13-14)11(16)18-3/h5,8-9,15H,4,6-7H2,1-3H3. The molecule has 2 atom stereocenters. The highest BCUT2D eigenvalue weighted by molar-refractivity contribution is 5.86. The highest BCUT2D eigenvalue weighted by atomic mass is 16.5. The number of carbonyl (C=O) groups excluding carboxylic acids is 1. The predicted molar refractivity (Wildman–Crippen MR) is 64.7 cm³/mol. The topological polar surface area (TPSA) is 95.7 Å². The Morgan fingerprint density at radius 1 is 1.47 bits per heavy atom. The molecule has 0 saturated carbocycles. The minimum absolute atomic E-state index is 0.0963. The van der Waals surface area contributed by atoms with Crippen LogP contribution in [0, 0.1) is 0 Å². The highest BCUT2D eigenvalue weighted by Crippen LogP contribution is 1.99. The minimum Gasteiger partial charge on any atom is -0.464 e. The zero-order valence-corrected chi connectivity index (χ0v) is 11.3. The molecule has 0 aliphatic heterocycles. The van der Waals surface area contributed by atoms with Crippen molar-refractivity contribution in [3.8, 4) is 0 Å². The van der Waals surface area contributed by atoms with Gasteiger partial charge in [0.1, 0.15) is 0 Å². The molecule has 0 saturated heterocycles. The van der Waals surface area contributed by atoms with Crippen LogP contribution in [0.15, 0.2) is 6.20 Å². The number of esters is 1. The number of hydrogen-bond acceptors (Lipinski definition) is 7. The summed E-state index contributed by atoms with van der Waals surface area (Å²) in [5.74, 6) is -0.564. The number of aromatic nitrogens is 3. The Balaban J connectivity index is 2.37. The summed E-state index contributed by atoms with van der Waals surface area (Å²) in [6, 6.07) is 0. The molecule has 1 heterocycles. The lowest BCUT2D eigenvalue weighted by Gasteiger charge is -2.15. The molecule has 8 nitrogen and oxygen atoms in total. The summed E-state index contributed by atoms with van der Waals surface area (Å²) in [6.07, 6.45) is 0.570. The van der Waals surface area contributed by atoms with Gasteiger partial charge in [0, 0.05) is 7.11 Å². The van der Waals surface area contributed by atoms with Crippen LogP contribution in [0.3, 0.4) is 0 Å². The van der Waals surface area contributed by atoms with Crippen molar-refractivity contribution in [1.29, 1.82) is 0 Å². The fourth-order valence-electron chi connectivity index (χ4n) is 1.41. The molecule has 8 heteroatoms. The number of aliphatic hydroxyl groups excluding tert-OH is 1. The summed E-state index contributed by atoms with van der Waals surface area (Å²) in [5.41, 5.74) is 0.100. The van der Waals surface area contributed by atoms with Crippen LogP contribution in [0.5, 0.6) is 0 Å². The van der Waals surface area contributed by atoms with Crippen LogP contribution in [0.4, 0.5) is 0 Å². The van der Waals surface area contributed by atoms with Gasteiger partial charge in [-0.2, -0.15) is 0 Å². The number of carbonyl (C=O) groups is 1. The molecule has 1 N–H and O–H groups in total. The normalized spacial score (nSPS) is 14.1. The molecule has 108 valence electrons. The van der Waals surface area contributed by atoms with Crippen molar-refractivity contribution >= 4 is 5.97 Å². The van der Waals surface area contributed by atoms with Crippen LogP contribution >= 0.6 is 0 Å².